The van der Waals surface area contributed by atoms with Crippen molar-refractivity contribution < 1.29 is 4.74 Å². The van der Waals surface area contributed by atoms with Crippen LogP contribution in [0.3, 0.4) is 0 Å². The number of hydrogen-bond acceptors (Lipinski definition) is 4. The maximum atomic E-state index is 6.12. The van der Waals surface area contributed by atoms with E-state index in [1.807, 2.05) is 18.4 Å². The fourth-order valence-corrected chi connectivity index (χ4v) is 2.94. The average Bonchev–Trinajstić information content (AvgIpc) is 2.46. The van der Waals surface area contributed by atoms with Gasteiger partial charge in [-0.3, -0.25) is 5.01 Å². The number of fused-ring (bicyclic) bond motifs is 1. The number of ether oxygens (including phenoxy) is 1. The van der Waals surface area contributed by atoms with Gasteiger partial charge in [-0.25, -0.2) is 0 Å². The van der Waals surface area contributed by atoms with E-state index >= 15 is 0 Å². The van der Waals surface area contributed by atoms with E-state index in [-0.39, 0.29) is 0 Å². The molecular formula is C15H17Cl2N3O. The summed E-state index contributed by atoms with van der Waals surface area (Å²) < 4.78 is 5.70. The van der Waals surface area contributed by atoms with Crippen LogP contribution in [0.1, 0.15) is 5.56 Å². The minimum Gasteiger partial charge on any atom is -0.487 e. The Morgan fingerprint density at radius 3 is 2.71 bits per heavy atom. The fourth-order valence-electron chi connectivity index (χ4n) is 2.38. The Hall–Kier alpha value is -1.23. The second-order valence-electron chi connectivity index (χ2n) is 5.32. The molecule has 1 saturated heterocycles. The Morgan fingerprint density at radius 1 is 1.19 bits per heavy atom. The zero-order chi connectivity index (χ0) is 14.8. The number of nitrogens with zero attached hydrogens (tertiary/aromatic N) is 3. The van der Waals surface area contributed by atoms with Gasteiger partial charge in [0.25, 0.3) is 0 Å². The van der Waals surface area contributed by atoms with Gasteiger partial charge in [-0.05, 0) is 25.3 Å². The molecule has 4 nitrogen and oxygen atoms in total. The van der Waals surface area contributed by atoms with Crippen molar-refractivity contribution >= 4 is 35.5 Å². The number of hydrazone groups is 1. The first-order valence-corrected chi connectivity index (χ1v) is 7.67. The number of likely N-dealkylation sites (N-methyl/N-ethyl adjacent to an activating group) is 1. The van der Waals surface area contributed by atoms with Crippen molar-refractivity contribution in [3.8, 4) is 5.75 Å². The standard InChI is InChI=1S/C15H17Cl2N3O/c1-19-2-4-20(5-3-19)18-9-11-6-12-7-13(16)8-14(17)15(12)21-10-11/h6-9H,2-5,10H2,1H3/b18-9-. The first-order chi connectivity index (χ1) is 10.1. The van der Waals surface area contributed by atoms with E-state index in [1.54, 1.807) is 6.07 Å². The van der Waals surface area contributed by atoms with Crippen LogP contribution in [0.4, 0.5) is 0 Å². The van der Waals surface area contributed by atoms with Crippen molar-refractivity contribution in [3.05, 3.63) is 33.3 Å². The van der Waals surface area contributed by atoms with Crippen LogP contribution < -0.4 is 4.74 Å². The van der Waals surface area contributed by atoms with Crippen LogP contribution in [-0.4, -0.2) is 56.0 Å². The van der Waals surface area contributed by atoms with Gasteiger partial charge < -0.3 is 9.64 Å². The van der Waals surface area contributed by atoms with Gasteiger partial charge in [0.05, 0.1) is 11.2 Å². The van der Waals surface area contributed by atoms with Crippen molar-refractivity contribution in [2.75, 3.05) is 39.8 Å². The van der Waals surface area contributed by atoms with Crippen LogP contribution in [-0.2, 0) is 0 Å². The third kappa shape index (κ3) is 3.51. The van der Waals surface area contributed by atoms with Crippen LogP contribution in [0.15, 0.2) is 22.8 Å². The molecule has 0 aromatic heterocycles. The summed E-state index contributed by atoms with van der Waals surface area (Å²) in [5.41, 5.74) is 1.92. The van der Waals surface area contributed by atoms with E-state index in [4.69, 9.17) is 27.9 Å². The Morgan fingerprint density at radius 2 is 1.95 bits per heavy atom. The molecule has 0 bridgehead atoms. The summed E-state index contributed by atoms with van der Waals surface area (Å²) in [6.07, 6.45) is 3.89. The van der Waals surface area contributed by atoms with Crippen molar-refractivity contribution in [3.63, 3.8) is 0 Å². The predicted molar refractivity (Wildman–Crippen MR) is 87.5 cm³/mol. The molecule has 0 N–H and O–H groups in total. The maximum Gasteiger partial charge on any atom is 0.145 e. The molecule has 1 aromatic rings. The Kier molecular flexibility index (Phi) is 4.38. The van der Waals surface area contributed by atoms with E-state index in [0.717, 1.165) is 37.3 Å². The minimum atomic E-state index is 0.478. The smallest absolute Gasteiger partial charge is 0.145 e. The van der Waals surface area contributed by atoms with Gasteiger partial charge in [-0.2, -0.15) is 5.10 Å². The Bertz CT molecular complexity index is 593. The van der Waals surface area contributed by atoms with Gasteiger partial charge in [-0.15, -0.1) is 0 Å². The zero-order valence-corrected chi connectivity index (χ0v) is 13.4. The molecule has 2 aliphatic heterocycles. The van der Waals surface area contributed by atoms with Gasteiger partial charge in [0.1, 0.15) is 12.4 Å². The number of piperazine rings is 1. The highest BCUT2D eigenvalue weighted by Crippen LogP contribution is 2.36. The molecule has 1 fully saturated rings. The van der Waals surface area contributed by atoms with Crippen molar-refractivity contribution in [1.29, 1.82) is 0 Å². The molecule has 3 rings (SSSR count). The lowest BCUT2D eigenvalue weighted by Crippen LogP contribution is -2.41. The van der Waals surface area contributed by atoms with Crippen LogP contribution in [0.25, 0.3) is 6.08 Å². The van der Waals surface area contributed by atoms with Crippen LogP contribution in [0, 0.1) is 0 Å². The lowest BCUT2D eigenvalue weighted by atomic mass is 10.1. The van der Waals surface area contributed by atoms with E-state index in [2.05, 4.69) is 22.1 Å². The molecule has 1 aromatic carbocycles. The van der Waals surface area contributed by atoms with E-state index in [9.17, 15) is 0 Å². The van der Waals surface area contributed by atoms with Gasteiger partial charge in [-0.1, -0.05) is 23.2 Å². The number of hydrogen-bond donors (Lipinski definition) is 0. The fraction of sp³-hybridized carbons (Fsp3) is 0.400. The highest BCUT2D eigenvalue weighted by Gasteiger charge is 2.16. The van der Waals surface area contributed by atoms with Crippen molar-refractivity contribution in [2.45, 2.75) is 0 Å². The van der Waals surface area contributed by atoms with Gasteiger partial charge >= 0.3 is 0 Å². The molecule has 0 spiro atoms. The summed E-state index contributed by atoms with van der Waals surface area (Å²) in [6.45, 7) is 4.47. The van der Waals surface area contributed by atoms with Crippen LogP contribution in [0.5, 0.6) is 5.75 Å². The second kappa shape index (κ2) is 6.26. The average molecular weight is 326 g/mol. The zero-order valence-electron chi connectivity index (χ0n) is 11.9. The Labute approximate surface area is 134 Å². The summed E-state index contributed by atoms with van der Waals surface area (Å²) in [5.74, 6) is 0.692. The highest BCUT2D eigenvalue weighted by atomic mass is 35.5. The molecule has 0 saturated carbocycles. The quantitative estimate of drug-likeness (QED) is 0.782. The number of halogens is 2. The van der Waals surface area contributed by atoms with Crippen LogP contribution >= 0.6 is 23.2 Å². The number of rotatable bonds is 2. The van der Waals surface area contributed by atoms with Crippen LogP contribution in [0.2, 0.25) is 10.0 Å². The SMILES string of the molecule is CN1CCN(/N=C\C2=Cc3cc(Cl)cc(Cl)c3OC2)CC1. The summed E-state index contributed by atoms with van der Waals surface area (Å²) in [6, 6.07) is 3.55. The summed E-state index contributed by atoms with van der Waals surface area (Å²) in [7, 11) is 2.13. The molecule has 112 valence electrons. The first-order valence-electron chi connectivity index (χ1n) is 6.92. The lowest BCUT2D eigenvalue weighted by molar-refractivity contribution is 0.159. The van der Waals surface area contributed by atoms with Gasteiger partial charge in [0.15, 0.2) is 0 Å². The molecule has 0 atom stereocenters. The molecule has 2 heterocycles. The molecular weight excluding hydrogens is 309 g/mol. The maximum absolute atomic E-state index is 6.12. The number of benzene rings is 1. The molecule has 21 heavy (non-hydrogen) atoms. The molecule has 0 radical (unpaired) electrons. The third-order valence-corrected chi connectivity index (χ3v) is 4.13. The molecule has 2 aliphatic rings. The largest absolute Gasteiger partial charge is 0.487 e. The predicted octanol–water partition coefficient (Wildman–Crippen LogP) is 3.00. The molecule has 0 aliphatic carbocycles. The van der Waals surface area contributed by atoms with E-state index < -0.39 is 0 Å². The molecule has 0 amide bonds. The summed E-state index contributed by atoms with van der Waals surface area (Å²) >= 11 is 12.1. The normalized spacial score (nSPS) is 19.4. The minimum absolute atomic E-state index is 0.478. The molecule has 0 unspecified atom stereocenters. The van der Waals surface area contributed by atoms with Gasteiger partial charge in [0, 0.05) is 42.3 Å². The lowest BCUT2D eigenvalue weighted by Gasteiger charge is -2.30. The first kappa shape index (κ1) is 14.7. The molecule has 6 heteroatoms. The van der Waals surface area contributed by atoms with Crippen molar-refractivity contribution in [1.82, 2.24) is 9.91 Å². The van der Waals surface area contributed by atoms with E-state index in [1.165, 1.54) is 0 Å². The van der Waals surface area contributed by atoms with E-state index in [0.29, 0.717) is 22.4 Å². The van der Waals surface area contributed by atoms with Crippen molar-refractivity contribution in [2.24, 2.45) is 5.10 Å². The Balaban J connectivity index is 1.73. The second-order valence-corrected chi connectivity index (χ2v) is 6.16. The highest BCUT2D eigenvalue weighted by molar-refractivity contribution is 6.36. The monoisotopic (exact) mass is 325 g/mol. The van der Waals surface area contributed by atoms with Gasteiger partial charge in [0.2, 0.25) is 0 Å². The summed E-state index contributed by atoms with van der Waals surface area (Å²) in [5, 5.41) is 7.76. The topological polar surface area (TPSA) is 28.1 Å². The third-order valence-electron chi connectivity index (χ3n) is 3.63. The summed E-state index contributed by atoms with van der Waals surface area (Å²) in [4.78, 5) is 2.30.